The van der Waals surface area contributed by atoms with Crippen molar-refractivity contribution in [1.29, 1.82) is 0 Å². The van der Waals surface area contributed by atoms with E-state index < -0.39 is 5.54 Å². The number of carbonyl (C=O) groups is 1. The summed E-state index contributed by atoms with van der Waals surface area (Å²) in [6, 6.07) is 26.6. The van der Waals surface area contributed by atoms with Gasteiger partial charge in [0.05, 0.1) is 5.54 Å². The molecule has 34 heavy (non-hydrogen) atoms. The summed E-state index contributed by atoms with van der Waals surface area (Å²) in [6.45, 7) is 9.70. The fraction of sp³-hybridized carbons (Fsp3) is 0.367. The lowest BCUT2D eigenvalue weighted by Crippen LogP contribution is -2.57. The minimum atomic E-state index is -0.415. The number of rotatable bonds is 4. The Kier molecular flexibility index (Phi) is 5.95. The van der Waals surface area contributed by atoms with Gasteiger partial charge < -0.3 is 10.6 Å². The zero-order valence-corrected chi connectivity index (χ0v) is 20.5. The van der Waals surface area contributed by atoms with Gasteiger partial charge in [0.1, 0.15) is 0 Å². The summed E-state index contributed by atoms with van der Waals surface area (Å²) in [5, 5.41) is 7.18. The molecule has 0 aliphatic carbocycles. The molecule has 0 bridgehead atoms. The Morgan fingerprint density at radius 3 is 2.29 bits per heavy atom. The van der Waals surface area contributed by atoms with Crippen molar-refractivity contribution in [2.45, 2.75) is 44.7 Å². The molecule has 1 fully saturated rings. The number of carbonyl (C=O) groups excluding carboxylic acids is 1. The van der Waals surface area contributed by atoms with Gasteiger partial charge in [0.15, 0.2) is 0 Å². The molecule has 1 amide bonds. The zero-order valence-electron chi connectivity index (χ0n) is 20.5. The van der Waals surface area contributed by atoms with Crippen LogP contribution in [0.1, 0.15) is 49.5 Å². The number of hydrogen-bond acceptors (Lipinski definition) is 3. The molecule has 0 spiro atoms. The van der Waals surface area contributed by atoms with Crippen LogP contribution in [0, 0.1) is 5.92 Å². The van der Waals surface area contributed by atoms with Crippen LogP contribution in [0.15, 0.2) is 78.9 Å². The van der Waals surface area contributed by atoms with E-state index in [9.17, 15) is 4.79 Å². The Morgan fingerprint density at radius 1 is 0.912 bits per heavy atom. The third-order valence-corrected chi connectivity index (χ3v) is 7.70. The van der Waals surface area contributed by atoms with Crippen LogP contribution in [-0.4, -0.2) is 36.0 Å². The molecular formula is C30H35N3O. The predicted molar refractivity (Wildman–Crippen MR) is 140 cm³/mol. The molecular weight excluding hydrogens is 418 g/mol. The normalized spacial score (nSPS) is 21.0. The molecule has 0 saturated carbocycles. The van der Waals surface area contributed by atoms with Gasteiger partial charge in [-0.05, 0) is 75.9 Å². The second-order valence-corrected chi connectivity index (χ2v) is 10.7. The van der Waals surface area contributed by atoms with E-state index >= 15 is 0 Å². The molecule has 5 rings (SSSR count). The third-order valence-electron chi connectivity index (χ3n) is 7.70. The maximum absolute atomic E-state index is 13.9. The highest BCUT2D eigenvalue weighted by Gasteiger charge is 2.48. The van der Waals surface area contributed by atoms with E-state index in [-0.39, 0.29) is 11.4 Å². The number of anilines is 1. The molecule has 1 saturated heterocycles. The summed E-state index contributed by atoms with van der Waals surface area (Å²) in [6.07, 6.45) is 2.13. The summed E-state index contributed by atoms with van der Waals surface area (Å²) in [5.74, 6) is 0.367. The molecule has 3 aromatic carbocycles. The third kappa shape index (κ3) is 4.12. The van der Waals surface area contributed by atoms with E-state index in [1.165, 1.54) is 5.56 Å². The topological polar surface area (TPSA) is 44.4 Å². The van der Waals surface area contributed by atoms with Crippen molar-refractivity contribution in [2.24, 2.45) is 5.92 Å². The lowest BCUT2D eigenvalue weighted by atomic mass is 9.73. The minimum absolute atomic E-state index is 0.00351. The smallest absolute Gasteiger partial charge is 0.252 e. The van der Waals surface area contributed by atoms with Crippen LogP contribution in [0.4, 0.5) is 5.69 Å². The van der Waals surface area contributed by atoms with Crippen molar-refractivity contribution in [1.82, 2.24) is 10.2 Å². The lowest BCUT2D eigenvalue weighted by Gasteiger charge is -2.46. The predicted octanol–water partition coefficient (Wildman–Crippen LogP) is 5.91. The van der Waals surface area contributed by atoms with Crippen LogP contribution in [0.25, 0.3) is 11.1 Å². The van der Waals surface area contributed by atoms with Gasteiger partial charge in [0.2, 0.25) is 0 Å². The van der Waals surface area contributed by atoms with Crippen LogP contribution >= 0.6 is 0 Å². The first-order chi connectivity index (χ1) is 16.4. The molecule has 1 atom stereocenters. The summed E-state index contributed by atoms with van der Waals surface area (Å²) in [5.41, 5.74) is 4.86. The number of nitrogens with one attached hydrogen (secondary N) is 2. The number of fused-ring (bicyclic) bond motifs is 1. The fourth-order valence-corrected chi connectivity index (χ4v) is 5.80. The highest BCUT2D eigenvalue weighted by atomic mass is 16.1. The number of nitrogens with zero attached hydrogens (tertiary/aromatic N) is 1. The van der Waals surface area contributed by atoms with Gasteiger partial charge in [-0.2, -0.15) is 0 Å². The van der Waals surface area contributed by atoms with E-state index in [1.54, 1.807) is 0 Å². The number of piperidine rings is 1. The van der Waals surface area contributed by atoms with Gasteiger partial charge in [-0.25, -0.2) is 0 Å². The second-order valence-electron chi connectivity index (χ2n) is 10.7. The van der Waals surface area contributed by atoms with Crippen molar-refractivity contribution in [3.8, 4) is 11.1 Å². The Labute approximate surface area is 203 Å². The molecule has 2 N–H and O–H groups in total. The maximum Gasteiger partial charge on any atom is 0.252 e. The fourth-order valence-electron chi connectivity index (χ4n) is 5.80. The number of hydrogen-bond donors (Lipinski definition) is 2. The van der Waals surface area contributed by atoms with Crippen molar-refractivity contribution < 1.29 is 4.79 Å². The van der Waals surface area contributed by atoms with Crippen LogP contribution in [0.2, 0.25) is 0 Å². The van der Waals surface area contributed by atoms with Gasteiger partial charge in [-0.1, -0.05) is 66.7 Å². The average Bonchev–Trinajstić information content (AvgIpc) is 3.23. The summed E-state index contributed by atoms with van der Waals surface area (Å²) in [7, 11) is 0. The minimum Gasteiger partial charge on any atom is -0.382 e. The first-order valence-corrected chi connectivity index (χ1v) is 12.4. The van der Waals surface area contributed by atoms with Gasteiger partial charge in [0, 0.05) is 28.9 Å². The SMILES string of the molecule is CC(C)(C)N1CCC(C2(NC(=O)c3ccccc3-c3ccccc3)CNc3ccccc32)CC1. The Hall–Kier alpha value is -3.11. The molecule has 0 radical (unpaired) electrons. The van der Waals surface area contributed by atoms with E-state index in [0.717, 1.165) is 54.9 Å². The van der Waals surface area contributed by atoms with E-state index in [4.69, 9.17) is 0 Å². The van der Waals surface area contributed by atoms with Crippen LogP contribution in [-0.2, 0) is 5.54 Å². The monoisotopic (exact) mass is 453 g/mol. The van der Waals surface area contributed by atoms with Crippen molar-refractivity contribution in [3.63, 3.8) is 0 Å². The first-order valence-electron chi connectivity index (χ1n) is 12.4. The first kappa shape index (κ1) is 22.7. The second kappa shape index (κ2) is 8.92. The molecule has 2 heterocycles. The average molecular weight is 454 g/mol. The quantitative estimate of drug-likeness (QED) is 0.516. The Morgan fingerprint density at radius 2 is 1.56 bits per heavy atom. The molecule has 0 aromatic heterocycles. The number of amides is 1. The molecule has 2 aliphatic heterocycles. The molecule has 4 heteroatoms. The molecule has 1 unspecified atom stereocenters. The summed E-state index contributed by atoms with van der Waals surface area (Å²) >= 11 is 0. The van der Waals surface area contributed by atoms with Gasteiger partial charge in [0.25, 0.3) is 5.91 Å². The molecule has 4 nitrogen and oxygen atoms in total. The number of benzene rings is 3. The number of para-hydroxylation sites is 1. The van der Waals surface area contributed by atoms with E-state index in [2.05, 4.69) is 72.7 Å². The molecule has 2 aliphatic rings. The van der Waals surface area contributed by atoms with Crippen molar-refractivity contribution in [2.75, 3.05) is 25.0 Å². The Balaban J connectivity index is 1.49. The van der Waals surface area contributed by atoms with Crippen LogP contribution < -0.4 is 10.6 Å². The zero-order chi connectivity index (χ0) is 23.8. The van der Waals surface area contributed by atoms with Crippen LogP contribution in [0.5, 0.6) is 0 Å². The van der Waals surface area contributed by atoms with Gasteiger partial charge in [-0.15, -0.1) is 0 Å². The highest BCUT2D eigenvalue weighted by molar-refractivity contribution is 6.01. The van der Waals surface area contributed by atoms with Gasteiger partial charge >= 0.3 is 0 Å². The number of likely N-dealkylation sites (tertiary alicyclic amines) is 1. The van der Waals surface area contributed by atoms with Crippen LogP contribution in [0.3, 0.4) is 0 Å². The van der Waals surface area contributed by atoms with E-state index in [0.29, 0.717) is 5.92 Å². The maximum atomic E-state index is 13.9. The highest BCUT2D eigenvalue weighted by Crippen LogP contribution is 2.45. The molecule has 3 aromatic rings. The van der Waals surface area contributed by atoms with Crippen molar-refractivity contribution >= 4 is 11.6 Å². The van der Waals surface area contributed by atoms with E-state index in [1.807, 2.05) is 42.5 Å². The Bertz CT molecular complexity index is 1160. The van der Waals surface area contributed by atoms with Gasteiger partial charge in [-0.3, -0.25) is 9.69 Å². The summed E-state index contributed by atoms with van der Waals surface area (Å²) < 4.78 is 0. The molecule has 176 valence electrons. The van der Waals surface area contributed by atoms with Crippen molar-refractivity contribution in [3.05, 3.63) is 90.0 Å². The summed E-state index contributed by atoms with van der Waals surface area (Å²) in [4.78, 5) is 16.5. The standard InChI is InChI=1S/C30H35N3O/c1-29(2,3)33-19-17-23(18-20-33)30(21-31-27-16-10-9-15-26(27)30)32-28(34)25-14-8-7-13-24(25)22-11-5-4-6-12-22/h4-16,23,31H,17-21H2,1-3H3,(H,32,34). The largest absolute Gasteiger partial charge is 0.382 e. The lowest BCUT2D eigenvalue weighted by molar-refractivity contribution is 0.0513.